The zero-order chi connectivity index (χ0) is 24.9. The van der Waals surface area contributed by atoms with Crippen LogP contribution in [0.5, 0.6) is 0 Å². The minimum atomic E-state index is -3.33. The maximum absolute atomic E-state index is 14.8. The molecule has 1 heterocycles. The van der Waals surface area contributed by atoms with Crippen LogP contribution in [-0.2, 0) is 21.2 Å². The third-order valence-electron chi connectivity index (χ3n) is 5.05. The first-order chi connectivity index (χ1) is 16.1. The van der Waals surface area contributed by atoms with Gasteiger partial charge >= 0.3 is 18.4 Å². The summed E-state index contributed by atoms with van der Waals surface area (Å²) in [4.78, 5) is 38.7. The summed E-state index contributed by atoms with van der Waals surface area (Å²) in [7, 11) is -3.21. The average molecular weight is 498 g/mol. The average Bonchev–Trinajstić information content (AvgIpc) is 2.81. The topological polar surface area (TPSA) is 116 Å². The lowest BCUT2D eigenvalue weighted by atomic mass is 10.1. The standard InChI is InChI=1S/C21H21F3N4O5S/c22-17-12-14(19(29)25-26-20(30)18(23)24)6-7-15(17)13-28(16-4-2-1-3-5-16)21(31)27-8-10-34(32,33)11-9-27/h1-7,12,18H,8-11,13H2,(H,25,29)(H,26,30). The van der Waals surface area contributed by atoms with Crippen LogP contribution in [0.4, 0.5) is 23.7 Å². The van der Waals surface area contributed by atoms with Gasteiger partial charge in [-0.2, -0.15) is 8.78 Å². The number of hydrogen-bond acceptors (Lipinski definition) is 5. The molecule has 0 spiro atoms. The molecule has 0 aromatic heterocycles. The van der Waals surface area contributed by atoms with E-state index in [2.05, 4.69) is 0 Å². The van der Waals surface area contributed by atoms with Crippen molar-refractivity contribution in [1.29, 1.82) is 0 Å². The highest BCUT2D eigenvalue weighted by molar-refractivity contribution is 7.91. The number of nitrogens with zero attached hydrogens (tertiary/aromatic N) is 2. The molecule has 0 unspecified atom stereocenters. The number of amides is 4. The van der Waals surface area contributed by atoms with Gasteiger partial charge in [-0.15, -0.1) is 0 Å². The second-order valence-electron chi connectivity index (χ2n) is 7.39. The van der Waals surface area contributed by atoms with E-state index in [0.717, 1.165) is 6.07 Å². The van der Waals surface area contributed by atoms with Crippen LogP contribution < -0.4 is 15.8 Å². The summed E-state index contributed by atoms with van der Waals surface area (Å²) < 4.78 is 62.6. The smallest absolute Gasteiger partial charge is 0.322 e. The van der Waals surface area contributed by atoms with E-state index in [1.165, 1.54) is 27.4 Å². The number of para-hydroxylation sites is 1. The molecule has 0 bridgehead atoms. The van der Waals surface area contributed by atoms with Crippen molar-refractivity contribution in [3.05, 3.63) is 65.5 Å². The number of rotatable bonds is 5. The van der Waals surface area contributed by atoms with Gasteiger partial charge in [-0.05, 0) is 24.3 Å². The Bertz CT molecular complexity index is 1160. The van der Waals surface area contributed by atoms with Gasteiger partial charge in [-0.1, -0.05) is 24.3 Å². The number of halogens is 3. The number of benzene rings is 2. The number of hydrazine groups is 1. The number of sulfone groups is 1. The van der Waals surface area contributed by atoms with Gasteiger partial charge in [0.15, 0.2) is 9.84 Å². The van der Waals surface area contributed by atoms with E-state index in [4.69, 9.17) is 0 Å². The summed E-state index contributed by atoms with van der Waals surface area (Å²) in [5, 5.41) is 0. The molecule has 0 aliphatic carbocycles. The van der Waals surface area contributed by atoms with Crippen molar-refractivity contribution in [3.63, 3.8) is 0 Å². The SMILES string of the molecule is O=C(NNC(=O)C(F)F)c1ccc(CN(C(=O)N2CCS(=O)(=O)CC2)c2ccccc2)c(F)c1. The Labute approximate surface area is 193 Å². The number of alkyl halides is 2. The molecule has 0 atom stereocenters. The molecule has 1 aliphatic heterocycles. The number of nitrogens with one attached hydrogen (secondary N) is 2. The zero-order valence-corrected chi connectivity index (χ0v) is 18.5. The van der Waals surface area contributed by atoms with Gasteiger partial charge < -0.3 is 4.90 Å². The summed E-state index contributed by atoms with van der Waals surface area (Å²) in [6, 6.07) is 11.2. The van der Waals surface area contributed by atoms with Crippen LogP contribution in [0, 0.1) is 5.82 Å². The van der Waals surface area contributed by atoms with E-state index in [9.17, 15) is 36.0 Å². The van der Waals surface area contributed by atoms with Gasteiger partial charge in [0.25, 0.3) is 5.91 Å². The molecule has 2 N–H and O–H groups in total. The number of carbonyl (C=O) groups is 3. The highest BCUT2D eigenvalue weighted by Gasteiger charge is 2.29. The molecule has 2 aromatic carbocycles. The molecular formula is C21H21F3N4O5S. The Balaban J connectivity index is 1.78. The predicted octanol–water partition coefficient (Wildman–Crippen LogP) is 1.71. The Morgan fingerprint density at radius 3 is 2.24 bits per heavy atom. The van der Waals surface area contributed by atoms with Gasteiger partial charge in [0, 0.05) is 29.9 Å². The first-order valence-corrected chi connectivity index (χ1v) is 11.9. The summed E-state index contributed by atoms with van der Waals surface area (Å²) in [5.41, 5.74) is 3.53. The molecule has 182 valence electrons. The van der Waals surface area contributed by atoms with Crippen molar-refractivity contribution < 1.29 is 36.0 Å². The quantitative estimate of drug-likeness (QED) is 0.609. The fourth-order valence-corrected chi connectivity index (χ4v) is 4.39. The van der Waals surface area contributed by atoms with Gasteiger partial charge in [0.05, 0.1) is 18.1 Å². The van der Waals surface area contributed by atoms with Gasteiger partial charge in [0.1, 0.15) is 5.82 Å². The summed E-state index contributed by atoms with van der Waals surface area (Å²) >= 11 is 0. The van der Waals surface area contributed by atoms with E-state index in [0.29, 0.717) is 5.69 Å². The zero-order valence-electron chi connectivity index (χ0n) is 17.7. The molecule has 1 aliphatic rings. The van der Waals surface area contributed by atoms with E-state index in [1.807, 2.05) is 0 Å². The van der Waals surface area contributed by atoms with E-state index >= 15 is 0 Å². The fourth-order valence-electron chi connectivity index (χ4n) is 3.18. The highest BCUT2D eigenvalue weighted by atomic mass is 32.2. The second-order valence-corrected chi connectivity index (χ2v) is 9.70. The molecule has 34 heavy (non-hydrogen) atoms. The molecule has 3 rings (SSSR count). The lowest BCUT2D eigenvalue weighted by Gasteiger charge is -2.33. The van der Waals surface area contributed by atoms with Crippen LogP contribution >= 0.6 is 0 Å². The van der Waals surface area contributed by atoms with Crippen LogP contribution in [-0.4, -0.2) is 62.2 Å². The Morgan fingerprint density at radius 2 is 1.65 bits per heavy atom. The van der Waals surface area contributed by atoms with Crippen molar-refractivity contribution in [2.45, 2.75) is 13.0 Å². The van der Waals surface area contributed by atoms with Crippen LogP contribution in [0.1, 0.15) is 15.9 Å². The number of urea groups is 1. The van der Waals surface area contributed by atoms with Gasteiger partial charge in [-0.3, -0.25) is 25.3 Å². The van der Waals surface area contributed by atoms with Crippen LogP contribution in [0.25, 0.3) is 0 Å². The lowest BCUT2D eigenvalue weighted by molar-refractivity contribution is -0.132. The minimum absolute atomic E-state index is 0.0103. The second kappa shape index (κ2) is 10.5. The molecule has 13 heteroatoms. The van der Waals surface area contributed by atoms with Crippen molar-refractivity contribution in [2.24, 2.45) is 0 Å². The summed E-state index contributed by atoms with van der Waals surface area (Å²) in [5.74, 6) is -3.90. The first kappa shape index (κ1) is 25.0. The summed E-state index contributed by atoms with van der Waals surface area (Å²) in [6.45, 7) is -0.200. The molecule has 1 fully saturated rings. The van der Waals surface area contributed by atoms with Crippen molar-refractivity contribution in [2.75, 3.05) is 29.5 Å². The normalized spacial score (nSPS) is 15.0. The highest BCUT2D eigenvalue weighted by Crippen LogP contribution is 2.22. The Kier molecular flexibility index (Phi) is 7.76. The van der Waals surface area contributed by atoms with Crippen molar-refractivity contribution >= 4 is 33.4 Å². The number of carbonyl (C=O) groups excluding carboxylic acids is 3. The van der Waals surface area contributed by atoms with E-state index < -0.39 is 39.9 Å². The van der Waals surface area contributed by atoms with Crippen molar-refractivity contribution in [1.82, 2.24) is 15.8 Å². The Hall–Kier alpha value is -3.61. The molecule has 9 nitrogen and oxygen atoms in total. The third-order valence-corrected chi connectivity index (χ3v) is 6.66. The molecule has 2 aromatic rings. The van der Waals surface area contributed by atoms with E-state index in [-0.39, 0.29) is 42.3 Å². The monoisotopic (exact) mass is 498 g/mol. The first-order valence-electron chi connectivity index (χ1n) is 10.1. The van der Waals surface area contributed by atoms with Crippen LogP contribution in [0.3, 0.4) is 0 Å². The Morgan fingerprint density at radius 1 is 1.00 bits per heavy atom. The van der Waals surface area contributed by atoms with Crippen LogP contribution in [0.15, 0.2) is 48.5 Å². The minimum Gasteiger partial charge on any atom is -0.322 e. The maximum atomic E-state index is 14.8. The predicted molar refractivity (Wildman–Crippen MR) is 116 cm³/mol. The molecule has 0 radical (unpaired) electrons. The summed E-state index contributed by atoms with van der Waals surface area (Å²) in [6.07, 6.45) is -3.33. The number of anilines is 1. The van der Waals surface area contributed by atoms with Gasteiger partial charge in [-0.25, -0.2) is 17.6 Å². The molecule has 1 saturated heterocycles. The third kappa shape index (κ3) is 6.25. The fraction of sp³-hybridized carbons (Fsp3) is 0.286. The largest absolute Gasteiger partial charge is 0.324 e. The lowest BCUT2D eigenvalue weighted by Crippen LogP contribution is -2.49. The van der Waals surface area contributed by atoms with Crippen LogP contribution in [0.2, 0.25) is 0 Å². The molecule has 4 amide bonds. The molecular weight excluding hydrogens is 477 g/mol. The van der Waals surface area contributed by atoms with E-state index in [1.54, 1.807) is 35.8 Å². The van der Waals surface area contributed by atoms with Gasteiger partial charge in [0.2, 0.25) is 0 Å². The number of hydrogen-bond donors (Lipinski definition) is 2. The van der Waals surface area contributed by atoms with Crippen molar-refractivity contribution in [3.8, 4) is 0 Å². The molecule has 0 saturated carbocycles. The maximum Gasteiger partial charge on any atom is 0.324 e.